The number of benzene rings is 1. The quantitative estimate of drug-likeness (QED) is 0.924. The summed E-state index contributed by atoms with van der Waals surface area (Å²) < 4.78 is 7.19. The van der Waals surface area contributed by atoms with Crippen LogP contribution >= 0.6 is 11.6 Å². The van der Waals surface area contributed by atoms with E-state index in [-0.39, 0.29) is 0 Å². The Morgan fingerprint density at radius 3 is 2.89 bits per heavy atom. The molecule has 0 amide bonds. The first-order chi connectivity index (χ1) is 8.67. The van der Waals surface area contributed by atoms with E-state index in [1.807, 2.05) is 37.0 Å². The van der Waals surface area contributed by atoms with Crippen LogP contribution in [-0.2, 0) is 6.54 Å². The summed E-state index contributed by atoms with van der Waals surface area (Å²) in [4.78, 5) is 0. The first kappa shape index (κ1) is 12.9. The number of nitrogens with zero attached hydrogens (tertiary/aromatic N) is 2. The van der Waals surface area contributed by atoms with Gasteiger partial charge in [0.2, 0.25) is 0 Å². The number of nitrogens with one attached hydrogen (secondary N) is 1. The van der Waals surface area contributed by atoms with Gasteiger partial charge in [0.25, 0.3) is 0 Å². The fourth-order valence-electron chi connectivity index (χ4n) is 1.88. The lowest BCUT2D eigenvalue weighted by atomic mass is 10.2. The molecule has 0 aliphatic heterocycles. The lowest BCUT2D eigenvalue weighted by Gasteiger charge is -2.11. The molecule has 4 nitrogen and oxygen atoms in total. The molecule has 0 spiro atoms. The zero-order chi connectivity index (χ0) is 13.1. The van der Waals surface area contributed by atoms with Gasteiger partial charge < -0.3 is 10.1 Å². The number of aromatic nitrogens is 2. The average molecular weight is 266 g/mol. The number of halogens is 1. The summed E-state index contributed by atoms with van der Waals surface area (Å²) in [7, 11) is 3.55. The van der Waals surface area contributed by atoms with Gasteiger partial charge in [-0.15, -0.1) is 0 Å². The van der Waals surface area contributed by atoms with Gasteiger partial charge in [0.1, 0.15) is 11.4 Å². The molecule has 0 saturated carbocycles. The van der Waals surface area contributed by atoms with E-state index in [9.17, 15) is 0 Å². The molecule has 0 aliphatic carbocycles. The molecule has 0 bridgehead atoms. The van der Waals surface area contributed by atoms with Crippen molar-refractivity contribution in [1.82, 2.24) is 15.1 Å². The van der Waals surface area contributed by atoms with Gasteiger partial charge in [-0.25, -0.2) is 4.68 Å². The van der Waals surface area contributed by atoms with Crippen molar-refractivity contribution < 1.29 is 4.74 Å². The van der Waals surface area contributed by atoms with Crippen LogP contribution in [-0.4, -0.2) is 23.9 Å². The summed E-state index contributed by atoms with van der Waals surface area (Å²) in [5, 5.41) is 8.17. The van der Waals surface area contributed by atoms with Crippen molar-refractivity contribution >= 4 is 11.6 Å². The molecule has 0 saturated heterocycles. The Bertz CT molecular complexity index is 551. The highest BCUT2D eigenvalue weighted by atomic mass is 35.5. The van der Waals surface area contributed by atoms with Crippen LogP contribution < -0.4 is 10.1 Å². The van der Waals surface area contributed by atoms with E-state index in [0.717, 1.165) is 29.2 Å². The van der Waals surface area contributed by atoms with Gasteiger partial charge in [0, 0.05) is 22.8 Å². The van der Waals surface area contributed by atoms with Crippen molar-refractivity contribution in [2.45, 2.75) is 13.5 Å². The van der Waals surface area contributed by atoms with Crippen LogP contribution in [0.1, 0.15) is 11.3 Å². The van der Waals surface area contributed by atoms with Gasteiger partial charge >= 0.3 is 0 Å². The Hall–Kier alpha value is -1.52. The Kier molecular flexibility index (Phi) is 3.89. The smallest absolute Gasteiger partial charge is 0.144 e. The largest absolute Gasteiger partial charge is 0.494 e. The van der Waals surface area contributed by atoms with Crippen molar-refractivity contribution in [3.63, 3.8) is 0 Å². The van der Waals surface area contributed by atoms with Crippen LogP contribution in [0.4, 0.5) is 0 Å². The summed E-state index contributed by atoms with van der Waals surface area (Å²) in [6.45, 7) is 2.81. The van der Waals surface area contributed by atoms with Crippen LogP contribution in [0, 0.1) is 6.92 Å². The van der Waals surface area contributed by atoms with E-state index in [4.69, 9.17) is 16.3 Å². The Morgan fingerprint density at radius 1 is 1.44 bits per heavy atom. The van der Waals surface area contributed by atoms with Crippen LogP contribution in [0.3, 0.4) is 0 Å². The second kappa shape index (κ2) is 5.42. The lowest BCUT2D eigenvalue weighted by Crippen LogP contribution is -2.07. The predicted molar refractivity (Wildman–Crippen MR) is 72.6 cm³/mol. The molecular weight excluding hydrogens is 250 g/mol. The summed E-state index contributed by atoms with van der Waals surface area (Å²) in [6, 6.07) is 5.50. The third-order valence-corrected chi connectivity index (χ3v) is 3.08. The van der Waals surface area contributed by atoms with Gasteiger partial charge in [-0.1, -0.05) is 11.6 Å². The number of hydrogen-bond donors (Lipinski definition) is 1. The van der Waals surface area contributed by atoms with Crippen molar-refractivity contribution in [2.75, 3.05) is 14.2 Å². The van der Waals surface area contributed by atoms with E-state index in [1.165, 1.54) is 0 Å². The molecule has 0 fully saturated rings. The van der Waals surface area contributed by atoms with Crippen molar-refractivity contribution in [1.29, 1.82) is 0 Å². The fraction of sp³-hybridized carbons (Fsp3) is 0.308. The molecule has 1 heterocycles. The maximum atomic E-state index is 6.03. The molecular formula is C13H16ClN3O. The summed E-state index contributed by atoms with van der Waals surface area (Å²) in [5.41, 5.74) is 3.08. The van der Waals surface area contributed by atoms with Gasteiger partial charge in [-0.3, -0.25) is 0 Å². The summed E-state index contributed by atoms with van der Waals surface area (Å²) in [6.07, 6.45) is 1.85. The number of rotatable bonds is 4. The minimum Gasteiger partial charge on any atom is -0.494 e. The molecule has 0 aliphatic rings. The minimum absolute atomic E-state index is 0.663. The second-order valence-corrected chi connectivity index (χ2v) is 4.45. The van der Waals surface area contributed by atoms with E-state index in [2.05, 4.69) is 10.4 Å². The van der Waals surface area contributed by atoms with Gasteiger partial charge in [-0.2, -0.15) is 5.10 Å². The maximum absolute atomic E-state index is 6.03. The number of ether oxygens (including phenoxy) is 1. The lowest BCUT2D eigenvalue weighted by molar-refractivity contribution is 0.411. The van der Waals surface area contributed by atoms with E-state index in [0.29, 0.717) is 5.02 Å². The third kappa shape index (κ3) is 2.35. The Morgan fingerprint density at radius 2 is 2.22 bits per heavy atom. The standard InChI is InChI=1S/C13H16ClN3O/c1-9-10(7-15-2)8-16-17(9)12-6-11(14)4-5-13(12)18-3/h4-6,8,15H,7H2,1-3H3. The number of methoxy groups -OCH3 is 1. The first-order valence-corrected chi connectivity index (χ1v) is 6.07. The molecule has 1 aromatic carbocycles. The minimum atomic E-state index is 0.663. The highest BCUT2D eigenvalue weighted by molar-refractivity contribution is 6.30. The molecule has 96 valence electrons. The Labute approximate surface area is 112 Å². The van der Waals surface area contributed by atoms with E-state index < -0.39 is 0 Å². The molecule has 0 atom stereocenters. The number of hydrogen-bond acceptors (Lipinski definition) is 3. The normalized spacial score (nSPS) is 10.7. The van der Waals surface area contributed by atoms with Crippen LogP contribution in [0.15, 0.2) is 24.4 Å². The highest BCUT2D eigenvalue weighted by Gasteiger charge is 2.12. The molecule has 0 radical (unpaired) electrons. The van der Waals surface area contributed by atoms with E-state index >= 15 is 0 Å². The average Bonchev–Trinajstić information content (AvgIpc) is 2.72. The Balaban J connectivity index is 2.51. The van der Waals surface area contributed by atoms with Gasteiger partial charge in [-0.05, 0) is 32.2 Å². The highest BCUT2D eigenvalue weighted by Crippen LogP contribution is 2.27. The molecule has 18 heavy (non-hydrogen) atoms. The zero-order valence-electron chi connectivity index (χ0n) is 10.7. The molecule has 2 rings (SSSR count). The summed E-state index contributed by atoms with van der Waals surface area (Å²) >= 11 is 6.03. The topological polar surface area (TPSA) is 39.1 Å². The fourth-order valence-corrected chi connectivity index (χ4v) is 2.05. The molecule has 1 N–H and O–H groups in total. The maximum Gasteiger partial charge on any atom is 0.144 e. The predicted octanol–water partition coefficient (Wildman–Crippen LogP) is 2.56. The molecule has 2 aromatic rings. The SMILES string of the molecule is CNCc1cnn(-c2cc(Cl)ccc2OC)c1C. The van der Waals surface area contributed by atoms with Crippen LogP contribution in [0.5, 0.6) is 5.75 Å². The van der Waals surface area contributed by atoms with Crippen molar-refractivity contribution in [2.24, 2.45) is 0 Å². The van der Waals surface area contributed by atoms with E-state index in [1.54, 1.807) is 13.2 Å². The van der Waals surface area contributed by atoms with Crippen LogP contribution in [0.2, 0.25) is 5.02 Å². The van der Waals surface area contributed by atoms with Crippen molar-refractivity contribution in [3.05, 3.63) is 40.7 Å². The molecule has 1 aromatic heterocycles. The molecule has 0 unspecified atom stereocenters. The first-order valence-electron chi connectivity index (χ1n) is 5.69. The van der Waals surface area contributed by atoms with Crippen molar-refractivity contribution in [3.8, 4) is 11.4 Å². The second-order valence-electron chi connectivity index (χ2n) is 4.01. The third-order valence-electron chi connectivity index (χ3n) is 2.85. The zero-order valence-corrected chi connectivity index (χ0v) is 11.5. The molecule has 5 heteroatoms. The van der Waals surface area contributed by atoms with Gasteiger partial charge in [0.15, 0.2) is 0 Å². The summed E-state index contributed by atoms with van der Waals surface area (Å²) in [5.74, 6) is 0.751. The van der Waals surface area contributed by atoms with Gasteiger partial charge in [0.05, 0.1) is 13.3 Å². The monoisotopic (exact) mass is 265 g/mol. The van der Waals surface area contributed by atoms with Crippen LogP contribution in [0.25, 0.3) is 5.69 Å².